The molecule has 0 unspecified atom stereocenters. The molecule has 0 bridgehead atoms. The van der Waals surface area contributed by atoms with Crippen molar-refractivity contribution in [2.45, 2.75) is 25.6 Å². The summed E-state index contributed by atoms with van der Waals surface area (Å²) in [5.41, 5.74) is 2.32. The van der Waals surface area contributed by atoms with Crippen LogP contribution in [0.15, 0.2) is 41.0 Å². The summed E-state index contributed by atoms with van der Waals surface area (Å²) in [6.07, 6.45) is 0.444. The quantitative estimate of drug-likeness (QED) is 0.473. The fourth-order valence-corrected chi connectivity index (χ4v) is 4.35. The van der Waals surface area contributed by atoms with E-state index in [2.05, 4.69) is 19.6 Å². The van der Waals surface area contributed by atoms with Crippen molar-refractivity contribution in [3.8, 4) is 5.75 Å². The van der Waals surface area contributed by atoms with Gasteiger partial charge in [-0.2, -0.15) is 4.36 Å². The van der Waals surface area contributed by atoms with Gasteiger partial charge in [-0.15, -0.1) is 0 Å². The summed E-state index contributed by atoms with van der Waals surface area (Å²) >= 11 is 0. The Labute approximate surface area is 201 Å². The van der Waals surface area contributed by atoms with Gasteiger partial charge in [-0.05, 0) is 36.8 Å². The number of hydrogen-bond donors (Lipinski definition) is 1. The fraction of sp³-hybridized carbons (Fsp3) is 0.391. The van der Waals surface area contributed by atoms with Crippen LogP contribution in [-0.4, -0.2) is 65.1 Å². The lowest BCUT2D eigenvalue weighted by molar-refractivity contribution is -0.0509. The number of benzene rings is 2. The highest BCUT2D eigenvalue weighted by Crippen LogP contribution is 2.34. The number of rotatable bonds is 8. The third-order valence-corrected chi connectivity index (χ3v) is 5.79. The maximum atomic E-state index is 14.1. The number of fused-ring (bicyclic) bond motifs is 1. The van der Waals surface area contributed by atoms with Crippen LogP contribution in [0.4, 0.5) is 30.4 Å². The SMILES string of the molecule is Cc1cc(N=S(C)(C)=O)cc2ncnc(Nc3ccc(F)cc3O[C@H]3COC[C@H]3OCC(F)F)c12. The monoisotopic (exact) mass is 510 g/mol. The van der Waals surface area contributed by atoms with Crippen molar-refractivity contribution in [2.75, 3.05) is 37.6 Å². The molecule has 0 saturated carbocycles. The van der Waals surface area contributed by atoms with E-state index in [1.165, 1.54) is 24.5 Å². The molecule has 3 aromatic rings. The van der Waals surface area contributed by atoms with E-state index in [4.69, 9.17) is 14.2 Å². The van der Waals surface area contributed by atoms with Crippen molar-refractivity contribution in [1.82, 2.24) is 9.97 Å². The van der Waals surface area contributed by atoms with E-state index in [9.17, 15) is 17.4 Å². The molecule has 1 N–H and O–H groups in total. The molecule has 2 aromatic carbocycles. The van der Waals surface area contributed by atoms with Gasteiger partial charge < -0.3 is 19.5 Å². The van der Waals surface area contributed by atoms with Crippen molar-refractivity contribution in [2.24, 2.45) is 4.36 Å². The number of alkyl halides is 2. The first-order valence-electron chi connectivity index (χ1n) is 10.7. The highest BCUT2D eigenvalue weighted by molar-refractivity contribution is 7.92. The van der Waals surface area contributed by atoms with Gasteiger partial charge in [0.15, 0.2) is 6.10 Å². The van der Waals surface area contributed by atoms with Gasteiger partial charge in [0.2, 0.25) is 0 Å². The van der Waals surface area contributed by atoms with E-state index in [-0.39, 0.29) is 19.0 Å². The highest BCUT2D eigenvalue weighted by atomic mass is 32.2. The van der Waals surface area contributed by atoms with Gasteiger partial charge in [0.25, 0.3) is 6.43 Å². The molecule has 4 rings (SSSR count). The van der Waals surface area contributed by atoms with Gasteiger partial charge in [0.05, 0.1) is 30.1 Å². The molecular weight excluding hydrogens is 485 g/mol. The minimum atomic E-state index is -2.62. The molecule has 35 heavy (non-hydrogen) atoms. The van der Waals surface area contributed by atoms with Gasteiger partial charge in [0, 0.05) is 33.7 Å². The molecule has 1 aliphatic heterocycles. The van der Waals surface area contributed by atoms with Gasteiger partial charge in [-0.25, -0.2) is 27.3 Å². The van der Waals surface area contributed by atoms with Gasteiger partial charge >= 0.3 is 0 Å². The Kier molecular flexibility index (Phi) is 7.43. The Hall–Kier alpha value is -2.96. The normalized spacial score (nSPS) is 18.3. The van der Waals surface area contributed by atoms with E-state index in [0.29, 0.717) is 28.1 Å². The Bertz CT molecular complexity index is 1340. The van der Waals surface area contributed by atoms with E-state index in [0.717, 1.165) is 5.56 Å². The van der Waals surface area contributed by atoms with Gasteiger partial charge in [-0.1, -0.05) is 0 Å². The Morgan fingerprint density at radius 1 is 1.20 bits per heavy atom. The van der Waals surface area contributed by atoms with Crippen LogP contribution in [0.5, 0.6) is 5.75 Å². The molecule has 0 radical (unpaired) electrons. The van der Waals surface area contributed by atoms with E-state index in [1.807, 2.05) is 6.92 Å². The molecule has 0 aliphatic carbocycles. The lowest BCUT2D eigenvalue weighted by atomic mass is 10.1. The maximum Gasteiger partial charge on any atom is 0.261 e. The number of aromatic nitrogens is 2. The first-order valence-corrected chi connectivity index (χ1v) is 13.1. The van der Waals surface area contributed by atoms with Gasteiger partial charge in [-0.3, -0.25) is 0 Å². The molecule has 188 valence electrons. The molecule has 1 saturated heterocycles. The molecule has 0 amide bonds. The van der Waals surface area contributed by atoms with Crippen LogP contribution in [0.3, 0.4) is 0 Å². The van der Waals surface area contributed by atoms with Crippen LogP contribution in [0.25, 0.3) is 10.9 Å². The first kappa shape index (κ1) is 25.1. The predicted octanol–water partition coefficient (Wildman–Crippen LogP) is 4.61. The predicted molar refractivity (Wildman–Crippen MR) is 127 cm³/mol. The van der Waals surface area contributed by atoms with Crippen molar-refractivity contribution in [1.29, 1.82) is 0 Å². The summed E-state index contributed by atoms with van der Waals surface area (Å²) in [4.78, 5) is 8.64. The maximum absolute atomic E-state index is 14.1. The summed E-state index contributed by atoms with van der Waals surface area (Å²) in [6, 6.07) is 7.44. The van der Waals surface area contributed by atoms with Crippen molar-refractivity contribution >= 4 is 37.8 Å². The molecule has 1 fully saturated rings. The largest absolute Gasteiger partial charge is 0.483 e. The van der Waals surface area contributed by atoms with Crippen LogP contribution in [0.1, 0.15) is 5.56 Å². The number of aryl methyl sites for hydroxylation is 1. The average Bonchev–Trinajstić information content (AvgIpc) is 3.19. The molecule has 12 heteroatoms. The second-order valence-electron chi connectivity index (χ2n) is 8.37. The number of hydrogen-bond acceptors (Lipinski definition) is 8. The van der Waals surface area contributed by atoms with Crippen molar-refractivity contribution in [3.63, 3.8) is 0 Å². The zero-order valence-electron chi connectivity index (χ0n) is 19.3. The Morgan fingerprint density at radius 2 is 1.97 bits per heavy atom. The summed E-state index contributed by atoms with van der Waals surface area (Å²) in [7, 11) is -2.35. The van der Waals surface area contributed by atoms with Crippen molar-refractivity contribution in [3.05, 3.63) is 48.0 Å². The smallest absolute Gasteiger partial charge is 0.261 e. The summed E-state index contributed by atoms with van der Waals surface area (Å²) < 4.78 is 72.0. The number of nitrogens with one attached hydrogen (secondary N) is 1. The Morgan fingerprint density at radius 3 is 2.71 bits per heavy atom. The van der Waals surface area contributed by atoms with Crippen LogP contribution < -0.4 is 10.1 Å². The zero-order valence-corrected chi connectivity index (χ0v) is 20.2. The third-order valence-electron chi connectivity index (χ3n) is 5.14. The number of ether oxygens (including phenoxy) is 3. The lowest BCUT2D eigenvalue weighted by Gasteiger charge is -2.22. The molecule has 1 aliphatic rings. The fourth-order valence-electron chi connectivity index (χ4n) is 3.74. The molecule has 8 nitrogen and oxygen atoms in total. The first-order chi connectivity index (χ1) is 16.6. The minimum Gasteiger partial charge on any atom is -0.483 e. The zero-order chi connectivity index (χ0) is 25.2. The Balaban J connectivity index is 1.65. The molecule has 1 aromatic heterocycles. The van der Waals surface area contributed by atoms with Crippen LogP contribution in [0.2, 0.25) is 0 Å². The second-order valence-corrected chi connectivity index (χ2v) is 10.9. The van der Waals surface area contributed by atoms with Crippen LogP contribution in [0, 0.1) is 12.7 Å². The van der Waals surface area contributed by atoms with E-state index < -0.39 is 40.8 Å². The van der Waals surface area contributed by atoms with E-state index in [1.54, 1.807) is 24.6 Å². The average molecular weight is 511 g/mol. The number of anilines is 2. The summed E-state index contributed by atoms with van der Waals surface area (Å²) in [5.74, 6) is 0.0588. The van der Waals surface area contributed by atoms with Crippen molar-refractivity contribution < 1.29 is 31.6 Å². The molecular formula is C23H25F3N4O4S. The van der Waals surface area contributed by atoms with Crippen LogP contribution in [-0.2, 0) is 19.2 Å². The molecule has 2 atom stereocenters. The summed E-state index contributed by atoms with van der Waals surface area (Å²) in [6.45, 7) is 1.32. The lowest BCUT2D eigenvalue weighted by Crippen LogP contribution is -2.34. The highest BCUT2D eigenvalue weighted by Gasteiger charge is 2.32. The van der Waals surface area contributed by atoms with Gasteiger partial charge in [0.1, 0.15) is 36.4 Å². The molecule has 2 heterocycles. The number of halogens is 3. The minimum absolute atomic E-state index is 0.0977. The van der Waals surface area contributed by atoms with E-state index >= 15 is 0 Å². The topological polar surface area (TPSA) is 94.9 Å². The standard InChI is InChI=1S/C23H25F3N4O4S/c1-13-6-15(30-35(2,3)31)8-17-22(13)23(28-12-27-17)29-16-5-4-14(24)7-18(16)34-20-10-32-9-19(20)33-11-21(25)26/h4-8,12,19-21H,9-11H2,1-3H3,(H,27,28,29)/t19-,20+/m1/s1. The number of nitrogens with zero attached hydrogens (tertiary/aromatic N) is 3. The third kappa shape index (κ3) is 6.38. The summed E-state index contributed by atoms with van der Waals surface area (Å²) in [5, 5.41) is 3.86. The van der Waals surface area contributed by atoms with Crippen LogP contribution >= 0.6 is 0 Å². The molecule has 0 spiro atoms. The second kappa shape index (κ2) is 10.3.